The van der Waals surface area contributed by atoms with Crippen LogP contribution in [0.5, 0.6) is 11.5 Å². The molecule has 1 atom stereocenters. The minimum Gasteiger partial charge on any atom is -0.504 e. The summed E-state index contributed by atoms with van der Waals surface area (Å²) in [5.41, 5.74) is 3.65. The minimum absolute atomic E-state index is 0.0157. The van der Waals surface area contributed by atoms with Crippen LogP contribution in [0.2, 0.25) is 0 Å². The number of piperidine rings is 1. The second kappa shape index (κ2) is 16.4. The van der Waals surface area contributed by atoms with Gasteiger partial charge in [0.2, 0.25) is 12.7 Å². The van der Waals surface area contributed by atoms with E-state index in [9.17, 15) is 14.7 Å². The van der Waals surface area contributed by atoms with E-state index in [4.69, 9.17) is 14.2 Å². The Balaban J connectivity index is 1.23. The van der Waals surface area contributed by atoms with E-state index in [1.807, 2.05) is 60.7 Å². The number of aromatic hydroxyl groups is 1. The Kier molecular flexibility index (Phi) is 11.8. The number of hydrogen-bond acceptors (Lipinski definition) is 7. The molecule has 0 spiro atoms. The molecule has 2 aliphatic heterocycles. The Morgan fingerprint density at radius 2 is 1.68 bits per heavy atom. The number of hydrogen-bond donors (Lipinski definition) is 2. The number of methoxy groups -OCH3 is 1. The minimum atomic E-state index is -0.360. The number of carbonyl (C=O) groups is 2. The van der Waals surface area contributed by atoms with Crippen molar-refractivity contribution in [3.05, 3.63) is 107 Å². The molecule has 0 aliphatic carbocycles. The maximum absolute atomic E-state index is 13.8. The lowest BCUT2D eigenvalue weighted by atomic mass is 9.96. The Morgan fingerprint density at radius 3 is 2.30 bits per heavy atom. The largest absolute Gasteiger partial charge is 0.504 e. The first-order valence-electron chi connectivity index (χ1n) is 16.6. The van der Waals surface area contributed by atoms with E-state index in [2.05, 4.69) is 29.0 Å². The maximum Gasteiger partial charge on any atom is 0.251 e. The SMILES string of the molecule is CCC(CC)C(=O)N(Cc1ccc(C(=O)NC(Cc2ccccc2)C2=COCO2)cc1)C1CCN(Cc2ccc(OC)c(O)c2)CC1. The topological polar surface area (TPSA) is 101 Å². The number of phenolic OH excluding ortho intramolecular Hbond substituents is 1. The Morgan fingerprint density at radius 1 is 0.979 bits per heavy atom. The third kappa shape index (κ3) is 8.86. The van der Waals surface area contributed by atoms with Crippen molar-refractivity contribution in [1.29, 1.82) is 0 Å². The molecular formula is C38H47N3O6. The molecule has 250 valence electrons. The number of nitrogens with one attached hydrogen (secondary N) is 1. The van der Waals surface area contributed by atoms with Crippen molar-refractivity contribution in [2.75, 3.05) is 27.0 Å². The second-order valence-corrected chi connectivity index (χ2v) is 12.4. The highest BCUT2D eigenvalue weighted by atomic mass is 16.7. The zero-order valence-electron chi connectivity index (χ0n) is 27.7. The summed E-state index contributed by atoms with van der Waals surface area (Å²) in [6.45, 7) is 7.25. The van der Waals surface area contributed by atoms with Gasteiger partial charge >= 0.3 is 0 Å². The van der Waals surface area contributed by atoms with Crippen LogP contribution in [0.15, 0.2) is 84.8 Å². The number of carbonyl (C=O) groups excluding carboxylic acids is 2. The van der Waals surface area contributed by atoms with E-state index in [1.54, 1.807) is 25.5 Å². The van der Waals surface area contributed by atoms with E-state index >= 15 is 0 Å². The molecule has 0 aromatic heterocycles. The summed E-state index contributed by atoms with van der Waals surface area (Å²) in [4.78, 5) is 31.6. The van der Waals surface area contributed by atoms with Crippen LogP contribution in [-0.4, -0.2) is 65.8 Å². The van der Waals surface area contributed by atoms with Crippen molar-refractivity contribution in [3.8, 4) is 11.5 Å². The molecule has 0 saturated carbocycles. The van der Waals surface area contributed by atoms with Gasteiger partial charge in [-0.05, 0) is 66.6 Å². The fourth-order valence-electron chi connectivity index (χ4n) is 6.45. The number of nitrogens with zero attached hydrogens (tertiary/aromatic N) is 2. The van der Waals surface area contributed by atoms with Crippen molar-refractivity contribution in [2.24, 2.45) is 5.92 Å². The summed E-state index contributed by atoms with van der Waals surface area (Å²) in [5.74, 6) is 1.20. The molecule has 2 aliphatic rings. The molecule has 5 rings (SSSR count). The van der Waals surface area contributed by atoms with Crippen molar-refractivity contribution >= 4 is 11.8 Å². The highest BCUT2D eigenvalue weighted by Gasteiger charge is 2.31. The number of rotatable bonds is 14. The zero-order valence-corrected chi connectivity index (χ0v) is 27.7. The molecule has 1 saturated heterocycles. The van der Waals surface area contributed by atoms with Crippen LogP contribution in [0.4, 0.5) is 0 Å². The molecule has 2 N–H and O–H groups in total. The lowest BCUT2D eigenvalue weighted by Crippen LogP contribution is -2.48. The van der Waals surface area contributed by atoms with Gasteiger partial charge in [0.05, 0.1) is 13.2 Å². The molecule has 9 heteroatoms. The molecule has 2 heterocycles. The highest BCUT2D eigenvalue weighted by Crippen LogP contribution is 2.29. The van der Waals surface area contributed by atoms with E-state index in [-0.39, 0.29) is 42.4 Å². The zero-order chi connectivity index (χ0) is 33.2. The molecule has 47 heavy (non-hydrogen) atoms. The average Bonchev–Trinajstić information content (AvgIpc) is 3.64. The first kappa shape index (κ1) is 33.9. The maximum atomic E-state index is 13.8. The summed E-state index contributed by atoms with van der Waals surface area (Å²) in [5, 5.41) is 13.3. The molecular weight excluding hydrogens is 594 g/mol. The third-order valence-corrected chi connectivity index (χ3v) is 9.26. The van der Waals surface area contributed by atoms with Gasteiger partial charge in [0.1, 0.15) is 6.26 Å². The predicted molar refractivity (Wildman–Crippen MR) is 181 cm³/mol. The van der Waals surface area contributed by atoms with Crippen molar-refractivity contribution < 1.29 is 28.9 Å². The van der Waals surface area contributed by atoms with Crippen LogP contribution in [0.25, 0.3) is 0 Å². The molecule has 3 aromatic carbocycles. The molecule has 2 amide bonds. The molecule has 9 nitrogen and oxygen atoms in total. The smallest absolute Gasteiger partial charge is 0.251 e. The van der Waals surface area contributed by atoms with Gasteiger partial charge in [-0.25, -0.2) is 0 Å². The number of benzene rings is 3. The number of amides is 2. The lowest BCUT2D eigenvalue weighted by molar-refractivity contribution is -0.140. The quantitative estimate of drug-likeness (QED) is 0.222. The highest BCUT2D eigenvalue weighted by molar-refractivity contribution is 5.94. The van der Waals surface area contributed by atoms with Crippen LogP contribution in [0, 0.1) is 5.92 Å². The van der Waals surface area contributed by atoms with Crippen LogP contribution >= 0.6 is 0 Å². The molecule has 3 aromatic rings. The number of phenols is 1. The van der Waals surface area contributed by atoms with Gasteiger partial charge in [-0.1, -0.05) is 62.4 Å². The average molecular weight is 642 g/mol. The third-order valence-electron chi connectivity index (χ3n) is 9.26. The predicted octanol–water partition coefficient (Wildman–Crippen LogP) is 6.02. The van der Waals surface area contributed by atoms with Gasteiger partial charge in [-0.3, -0.25) is 14.5 Å². The standard InChI is InChI=1S/C38H47N3O6/c1-4-30(5-2)38(44)41(32-17-19-40(20-18-32)23-29-13-16-35(45-3)34(42)22-29)24-28-11-14-31(15-12-28)37(43)39-33(36-25-46-26-47-36)21-27-9-7-6-8-10-27/h6-16,22,25,30,32-33,42H,4-5,17-21,23-24,26H2,1-3H3,(H,39,43). The summed E-state index contributed by atoms with van der Waals surface area (Å²) >= 11 is 0. The van der Waals surface area contributed by atoms with Crippen molar-refractivity contribution in [2.45, 2.75) is 71.1 Å². The fourth-order valence-corrected chi connectivity index (χ4v) is 6.45. The number of likely N-dealkylation sites (tertiary alicyclic amines) is 1. The molecule has 1 fully saturated rings. The van der Waals surface area contributed by atoms with Gasteiger partial charge in [0, 0.05) is 50.1 Å². The first-order chi connectivity index (χ1) is 22.9. The molecule has 0 bridgehead atoms. The Hall–Kier alpha value is -4.50. The van der Waals surface area contributed by atoms with Gasteiger partial charge in [0.25, 0.3) is 5.91 Å². The Labute approximate surface area is 278 Å². The molecule has 0 radical (unpaired) electrons. The van der Waals surface area contributed by atoms with Crippen LogP contribution in [0.1, 0.15) is 66.6 Å². The van der Waals surface area contributed by atoms with Crippen molar-refractivity contribution in [3.63, 3.8) is 0 Å². The van der Waals surface area contributed by atoms with Crippen LogP contribution < -0.4 is 10.1 Å². The van der Waals surface area contributed by atoms with Gasteiger partial charge in [-0.2, -0.15) is 0 Å². The normalized spacial score (nSPS) is 15.8. The van der Waals surface area contributed by atoms with Gasteiger partial charge in [-0.15, -0.1) is 0 Å². The monoisotopic (exact) mass is 641 g/mol. The van der Waals surface area contributed by atoms with Gasteiger partial charge in [0.15, 0.2) is 17.3 Å². The van der Waals surface area contributed by atoms with E-state index < -0.39 is 0 Å². The van der Waals surface area contributed by atoms with Gasteiger partial charge < -0.3 is 29.5 Å². The fraction of sp³-hybridized carbons (Fsp3) is 0.421. The summed E-state index contributed by atoms with van der Waals surface area (Å²) in [6.07, 6.45) is 5.50. The van der Waals surface area contributed by atoms with Crippen LogP contribution in [-0.2, 0) is 33.8 Å². The summed E-state index contributed by atoms with van der Waals surface area (Å²) < 4.78 is 16.1. The van der Waals surface area contributed by atoms with Crippen LogP contribution in [0.3, 0.4) is 0 Å². The lowest BCUT2D eigenvalue weighted by Gasteiger charge is -2.40. The van der Waals surface area contributed by atoms with E-state index in [0.717, 1.165) is 62.0 Å². The summed E-state index contributed by atoms with van der Waals surface area (Å²) in [6, 6.07) is 22.8. The molecule has 1 unspecified atom stereocenters. The van der Waals surface area contributed by atoms with E-state index in [0.29, 0.717) is 30.0 Å². The Bertz CT molecular complexity index is 1500. The second-order valence-electron chi connectivity index (χ2n) is 12.4. The van der Waals surface area contributed by atoms with Crippen molar-refractivity contribution in [1.82, 2.24) is 15.1 Å². The first-order valence-corrected chi connectivity index (χ1v) is 16.6. The van der Waals surface area contributed by atoms with E-state index in [1.165, 1.54) is 0 Å². The number of ether oxygens (including phenoxy) is 3. The summed E-state index contributed by atoms with van der Waals surface area (Å²) in [7, 11) is 1.55.